The molecule has 0 spiro atoms. The number of hydrogen-bond donors (Lipinski definition) is 3. The maximum Gasteiger partial charge on any atom is 0.253 e. The van der Waals surface area contributed by atoms with Crippen LogP contribution < -0.4 is 16.0 Å². The van der Waals surface area contributed by atoms with E-state index >= 15 is 0 Å². The number of carbonyl (C=O) groups is 1. The van der Waals surface area contributed by atoms with E-state index in [1.54, 1.807) is 26.0 Å². The lowest BCUT2D eigenvalue weighted by Crippen LogP contribution is -2.44. The summed E-state index contributed by atoms with van der Waals surface area (Å²) in [6.07, 6.45) is 0.829. The van der Waals surface area contributed by atoms with Crippen molar-refractivity contribution in [3.8, 4) is 0 Å². The first-order valence-corrected chi connectivity index (χ1v) is 8.73. The molecule has 0 heterocycles. The maximum atomic E-state index is 12.0. The molecule has 0 saturated carbocycles. The molecule has 0 unspecified atom stereocenters. The number of amides is 1. The fourth-order valence-corrected chi connectivity index (χ4v) is 2.28. The van der Waals surface area contributed by atoms with Gasteiger partial charge in [-0.2, -0.15) is 0 Å². The molecule has 0 radical (unpaired) electrons. The Morgan fingerprint density at radius 2 is 1.77 bits per heavy atom. The van der Waals surface area contributed by atoms with E-state index < -0.39 is 0 Å². The van der Waals surface area contributed by atoms with E-state index in [9.17, 15) is 4.79 Å². The van der Waals surface area contributed by atoms with E-state index in [-0.39, 0.29) is 35.4 Å². The van der Waals surface area contributed by atoms with Gasteiger partial charge in [0.2, 0.25) is 0 Å². The third-order valence-corrected chi connectivity index (χ3v) is 3.58. The molecule has 0 aliphatic rings. The molecule has 1 aromatic carbocycles. The van der Waals surface area contributed by atoms with Gasteiger partial charge in [-0.25, -0.2) is 0 Å². The smallest absolute Gasteiger partial charge is 0.253 e. The number of aliphatic imine (C=N–C) groups is 1. The Kier molecular flexibility index (Phi) is 11.5. The molecule has 1 rings (SSSR count). The second-order valence-electron chi connectivity index (χ2n) is 7.25. The van der Waals surface area contributed by atoms with E-state index in [2.05, 4.69) is 41.7 Å². The van der Waals surface area contributed by atoms with E-state index in [0.717, 1.165) is 43.1 Å². The molecule has 0 aliphatic carbocycles. The number of rotatable bonds is 7. The normalized spacial score (nSPS) is 11.5. The largest absolute Gasteiger partial charge is 0.356 e. The molecule has 0 bridgehead atoms. The highest BCUT2D eigenvalue weighted by molar-refractivity contribution is 14.0. The van der Waals surface area contributed by atoms with Gasteiger partial charge in [-0.05, 0) is 44.9 Å². The minimum Gasteiger partial charge on any atom is -0.356 e. The number of nitrogens with one attached hydrogen (secondary N) is 3. The lowest BCUT2D eigenvalue weighted by molar-refractivity contribution is 0.0827. The highest BCUT2D eigenvalue weighted by atomic mass is 127. The summed E-state index contributed by atoms with van der Waals surface area (Å²) >= 11 is 0. The molecule has 7 heteroatoms. The van der Waals surface area contributed by atoms with E-state index in [0.29, 0.717) is 0 Å². The lowest BCUT2D eigenvalue weighted by Gasteiger charge is -2.21. The van der Waals surface area contributed by atoms with Gasteiger partial charge in [0.05, 0.1) is 0 Å². The first-order valence-electron chi connectivity index (χ1n) is 8.73. The molecule has 0 fully saturated rings. The van der Waals surface area contributed by atoms with Crippen LogP contribution in [0.3, 0.4) is 0 Å². The van der Waals surface area contributed by atoms with Crippen LogP contribution in [0.15, 0.2) is 29.3 Å². The van der Waals surface area contributed by atoms with Crippen molar-refractivity contribution in [2.24, 2.45) is 4.99 Å². The third-order valence-electron chi connectivity index (χ3n) is 3.58. The summed E-state index contributed by atoms with van der Waals surface area (Å²) in [5.74, 6) is 0.815. The molecule has 1 amide bonds. The van der Waals surface area contributed by atoms with Crippen molar-refractivity contribution >= 4 is 35.8 Å². The molecule has 148 valence electrons. The number of halogens is 1. The summed E-state index contributed by atoms with van der Waals surface area (Å²) in [5, 5.41) is 10.0. The lowest BCUT2D eigenvalue weighted by atomic mass is 10.1. The van der Waals surface area contributed by atoms with Crippen LogP contribution in [0.2, 0.25) is 0 Å². The van der Waals surface area contributed by atoms with Gasteiger partial charge in [-0.1, -0.05) is 12.1 Å². The molecule has 3 N–H and O–H groups in total. The molecule has 0 saturated heterocycles. The fourth-order valence-electron chi connectivity index (χ4n) is 2.28. The van der Waals surface area contributed by atoms with Crippen molar-refractivity contribution in [2.45, 2.75) is 32.7 Å². The molecule has 0 atom stereocenters. The predicted molar refractivity (Wildman–Crippen MR) is 121 cm³/mol. The standard InChI is InChI=1S/C19H33N5O.HI/c1-19(2,3)23-13-12-22-18(20-4)21-11-10-15-8-7-9-16(14-15)17(25)24(5)6;/h7-9,14,23H,10-13H2,1-6H3,(H2,20,21,22);1H. The van der Waals surface area contributed by atoms with Gasteiger partial charge < -0.3 is 20.9 Å². The van der Waals surface area contributed by atoms with Crippen LogP contribution >= 0.6 is 24.0 Å². The first-order chi connectivity index (χ1) is 11.7. The Hall–Kier alpha value is -1.35. The summed E-state index contributed by atoms with van der Waals surface area (Å²) < 4.78 is 0. The van der Waals surface area contributed by atoms with Crippen molar-refractivity contribution in [2.75, 3.05) is 40.8 Å². The minimum atomic E-state index is 0. The van der Waals surface area contributed by atoms with Gasteiger partial charge in [0.1, 0.15) is 0 Å². The Bertz CT molecular complexity index is 582. The zero-order chi connectivity index (χ0) is 18.9. The summed E-state index contributed by atoms with van der Waals surface area (Å²) in [5.41, 5.74) is 1.97. The molecule has 0 aromatic heterocycles. The molecular weight excluding hydrogens is 441 g/mol. The zero-order valence-corrected chi connectivity index (χ0v) is 19.2. The minimum absolute atomic E-state index is 0. The first kappa shape index (κ1) is 24.7. The topological polar surface area (TPSA) is 68.8 Å². The maximum absolute atomic E-state index is 12.0. The fraction of sp³-hybridized carbons (Fsp3) is 0.579. The Labute approximate surface area is 175 Å². The third kappa shape index (κ3) is 9.96. The summed E-state index contributed by atoms with van der Waals surface area (Å²) in [6.45, 7) is 8.88. The van der Waals surface area contributed by atoms with Gasteiger partial charge in [-0.3, -0.25) is 9.79 Å². The molecule has 26 heavy (non-hydrogen) atoms. The highest BCUT2D eigenvalue weighted by Crippen LogP contribution is 2.07. The van der Waals surface area contributed by atoms with Crippen LogP contribution in [0.4, 0.5) is 0 Å². The average Bonchev–Trinajstić information content (AvgIpc) is 2.55. The van der Waals surface area contributed by atoms with Crippen molar-refractivity contribution < 1.29 is 4.79 Å². The van der Waals surface area contributed by atoms with E-state index in [1.165, 1.54) is 0 Å². The van der Waals surface area contributed by atoms with Crippen LogP contribution in [0.25, 0.3) is 0 Å². The Morgan fingerprint density at radius 3 is 2.35 bits per heavy atom. The van der Waals surface area contributed by atoms with Gasteiger partial charge in [-0.15, -0.1) is 24.0 Å². The van der Waals surface area contributed by atoms with Gasteiger partial charge in [0.15, 0.2) is 5.96 Å². The molecule has 0 aliphatic heterocycles. The van der Waals surface area contributed by atoms with Crippen molar-refractivity contribution in [3.63, 3.8) is 0 Å². The zero-order valence-electron chi connectivity index (χ0n) is 16.8. The Balaban J connectivity index is 0.00000625. The van der Waals surface area contributed by atoms with Crippen molar-refractivity contribution in [3.05, 3.63) is 35.4 Å². The quantitative estimate of drug-likeness (QED) is 0.245. The number of guanidine groups is 1. The average molecular weight is 475 g/mol. The van der Waals surface area contributed by atoms with Crippen LogP contribution in [-0.4, -0.2) is 63.1 Å². The number of benzene rings is 1. The SMILES string of the molecule is CN=C(NCCNC(C)(C)C)NCCc1cccc(C(=O)N(C)C)c1.I. The van der Waals surface area contributed by atoms with Crippen LogP contribution in [-0.2, 0) is 6.42 Å². The van der Waals surface area contributed by atoms with Gasteiger partial charge in [0.25, 0.3) is 5.91 Å². The van der Waals surface area contributed by atoms with E-state index in [4.69, 9.17) is 0 Å². The second-order valence-corrected chi connectivity index (χ2v) is 7.25. The number of hydrogen-bond acceptors (Lipinski definition) is 3. The van der Waals surface area contributed by atoms with Crippen molar-refractivity contribution in [1.29, 1.82) is 0 Å². The van der Waals surface area contributed by atoms with Crippen LogP contribution in [0, 0.1) is 0 Å². The van der Waals surface area contributed by atoms with Crippen LogP contribution in [0.5, 0.6) is 0 Å². The number of carbonyl (C=O) groups excluding carboxylic acids is 1. The van der Waals surface area contributed by atoms with Crippen molar-refractivity contribution in [1.82, 2.24) is 20.9 Å². The Morgan fingerprint density at radius 1 is 1.12 bits per heavy atom. The molecular formula is C19H34IN5O. The monoisotopic (exact) mass is 475 g/mol. The number of nitrogens with zero attached hydrogens (tertiary/aromatic N) is 2. The van der Waals surface area contributed by atoms with E-state index in [1.807, 2.05) is 24.3 Å². The second kappa shape index (κ2) is 12.1. The van der Waals surface area contributed by atoms with Gasteiger partial charge >= 0.3 is 0 Å². The predicted octanol–water partition coefficient (Wildman–Crippen LogP) is 2.10. The van der Waals surface area contributed by atoms with Crippen LogP contribution in [0.1, 0.15) is 36.7 Å². The molecule has 6 nitrogen and oxygen atoms in total. The molecule has 1 aromatic rings. The summed E-state index contributed by atoms with van der Waals surface area (Å²) in [6, 6.07) is 7.77. The van der Waals surface area contributed by atoms with Gasteiger partial charge in [0, 0.05) is 51.9 Å². The highest BCUT2D eigenvalue weighted by Gasteiger charge is 2.09. The summed E-state index contributed by atoms with van der Waals surface area (Å²) in [4.78, 5) is 17.8. The summed E-state index contributed by atoms with van der Waals surface area (Å²) in [7, 11) is 5.30.